The first-order chi connectivity index (χ1) is 12.7. The third-order valence-corrected chi connectivity index (χ3v) is 5.00. The zero-order valence-electron chi connectivity index (χ0n) is 14.9. The molecular formula is C21H23N3O2. The molecule has 1 aliphatic rings. The average Bonchev–Trinajstić information content (AvgIpc) is 3.12. The molecule has 0 bridgehead atoms. The van der Waals surface area contributed by atoms with Gasteiger partial charge >= 0.3 is 0 Å². The number of amides is 1. The molecule has 1 atom stereocenters. The number of nitrogens with zero attached hydrogens (tertiary/aromatic N) is 2. The van der Waals surface area contributed by atoms with Crippen LogP contribution in [0.5, 0.6) is 5.75 Å². The lowest BCUT2D eigenvalue weighted by molar-refractivity contribution is -0.139. The summed E-state index contributed by atoms with van der Waals surface area (Å²) >= 11 is 0. The Balaban J connectivity index is 1.36. The number of imidazole rings is 1. The Hall–Kier alpha value is -2.82. The molecule has 1 saturated heterocycles. The van der Waals surface area contributed by atoms with Crippen molar-refractivity contribution in [3.8, 4) is 5.75 Å². The average molecular weight is 349 g/mol. The molecule has 1 unspecified atom stereocenters. The van der Waals surface area contributed by atoms with E-state index in [1.807, 2.05) is 66.4 Å². The number of carbonyl (C=O) groups excluding carboxylic acids is 1. The number of fused-ring (bicyclic) bond motifs is 1. The third kappa shape index (κ3) is 3.43. The zero-order valence-corrected chi connectivity index (χ0v) is 14.9. The number of hydrogen-bond donors (Lipinski definition) is 1. The van der Waals surface area contributed by atoms with E-state index in [9.17, 15) is 4.79 Å². The number of nitrogens with one attached hydrogen (secondary N) is 1. The second kappa shape index (κ2) is 7.20. The summed E-state index contributed by atoms with van der Waals surface area (Å²) in [7, 11) is 0. The van der Waals surface area contributed by atoms with Crippen LogP contribution in [0.2, 0.25) is 0 Å². The number of ether oxygens (including phenoxy) is 1. The predicted molar refractivity (Wildman–Crippen MR) is 101 cm³/mol. The van der Waals surface area contributed by atoms with E-state index < -0.39 is 6.10 Å². The van der Waals surface area contributed by atoms with Crippen molar-refractivity contribution >= 4 is 16.9 Å². The molecule has 2 aromatic carbocycles. The Morgan fingerprint density at radius 3 is 2.54 bits per heavy atom. The summed E-state index contributed by atoms with van der Waals surface area (Å²) in [6.45, 7) is 3.30. The molecule has 26 heavy (non-hydrogen) atoms. The number of aromatic amines is 1. The normalized spacial score (nSPS) is 16.6. The maximum atomic E-state index is 12.7. The van der Waals surface area contributed by atoms with Gasteiger partial charge in [0.1, 0.15) is 11.6 Å². The lowest BCUT2D eigenvalue weighted by Gasteiger charge is -2.32. The number of benzene rings is 2. The monoisotopic (exact) mass is 349 g/mol. The van der Waals surface area contributed by atoms with Crippen LogP contribution in [-0.4, -0.2) is 40.0 Å². The van der Waals surface area contributed by atoms with Crippen LogP contribution in [0.15, 0.2) is 54.6 Å². The number of carbonyl (C=O) groups is 1. The second-order valence-electron chi connectivity index (χ2n) is 6.81. The van der Waals surface area contributed by atoms with Gasteiger partial charge in [0.15, 0.2) is 6.10 Å². The molecular weight excluding hydrogens is 326 g/mol. The summed E-state index contributed by atoms with van der Waals surface area (Å²) in [5.74, 6) is 2.19. The Morgan fingerprint density at radius 1 is 1.12 bits per heavy atom. The number of para-hydroxylation sites is 3. The summed E-state index contributed by atoms with van der Waals surface area (Å²) < 4.78 is 5.77. The summed E-state index contributed by atoms with van der Waals surface area (Å²) in [6, 6.07) is 17.6. The van der Waals surface area contributed by atoms with Crippen LogP contribution in [0.1, 0.15) is 31.5 Å². The van der Waals surface area contributed by atoms with Gasteiger partial charge < -0.3 is 14.6 Å². The van der Waals surface area contributed by atoms with Crippen LogP contribution in [0, 0.1) is 0 Å². The van der Waals surface area contributed by atoms with E-state index in [-0.39, 0.29) is 5.91 Å². The zero-order chi connectivity index (χ0) is 17.9. The highest BCUT2D eigenvalue weighted by Gasteiger charge is 2.28. The maximum absolute atomic E-state index is 12.7. The topological polar surface area (TPSA) is 58.2 Å². The Morgan fingerprint density at radius 2 is 1.81 bits per heavy atom. The van der Waals surface area contributed by atoms with Crippen LogP contribution in [-0.2, 0) is 4.79 Å². The maximum Gasteiger partial charge on any atom is 0.263 e. The van der Waals surface area contributed by atoms with E-state index in [1.165, 1.54) is 0 Å². The molecule has 2 heterocycles. The molecule has 0 radical (unpaired) electrons. The molecule has 1 amide bonds. The third-order valence-electron chi connectivity index (χ3n) is 5.00. The highest BCUT2D eigenvalue weighted by molar-refractivity contribution is 5.81. The quantitative estimate of drug-likeness (QED) is 0.781. The lowest BCUT2D eigenvalue weighted by atomic mass is 9.96. The smallest absolute Gasteiger partial charge is 0.263 e. The summed E-state index contributed by atoms with van der Waals surface area (Å²) in [5, 5.41) is 0. The molecule has 1 fully saturated rings. The van der Waals surface area contributed by atoms with Crippen LogP contribution < -0.4 is 4.74 Å². The minimum absolute atomic E-state index is 0.0527. The molecule has 4 rings (SSSR count). The standard InChI is InChI=1S/C21H23N3O2/c1-15(26-17-7-3-2-4-8-17)21(25)24-13-11-16(12-14-24)20-22-18-9-5-6-10-19(18)23-20/h2-10,15-16H,11-14H2,1H3,(H,22,23). The molecule has 1 aromatic heterocycles. The van der Waals surface area contributed by atoms with E-state index in [0.29, 0.717) is 5.92 Å². The van der Waals surface area contributed by atoms with Gasteiger partial charge in [-0.25, -0.2) is 4.98 Å². The number of likely N-dealkylation sites (tertiary alicyclic amines) is 1. The number of rotatable bonds is 4. The number of hydrogen-bond acceptors (Lipinski definition) is 3. The molecule has 0 aliphatic carbocycles. The van der Waals surface area contributed by atoms with E-state index >= 15 is 0 Å². The molecule has 134 valence electrons. The van der Waals surface area contributed by atoms with Gasteiger partial charge in [0.25, 0.3) is 5.91 Å². The van der Waals surface area contributed by atoms with E-state index in [0.717, 1.165) is 48.5 Å². The van der Waals surface area contributed by atoms with Crippen LogP contribution >= 0.6 is 0 Å². The van der Waals surface area contributed by atoms with Crippen molar-refractivity contribution in [1.29, 1.82) is 0 Å². The summed E-state index contributed by atoms with van der Waals surface area (Å²) in [5.41, 5.74) is 2.08. The largest absolute Gasteiger partial charge is 0.481 e. The van der Waals surface area contributed by atoms with Gasteiger partial charge in [-0.05, 0) is 44.0 Å². The van der Waals surface area contributed by atoms with E-state index in [2.05, 4.69) is 4.98 Å². The lowest BCUT2D eigenvalue weighted by Crippen LogP contribution is -2.44. The molecule has 1 aliphatic heterocycles. The Bertz CT molecular complexity index is 849. The van der Waals surface area contributed by atoms with Gasteiger partial charge in [0, 0.05) is 19.0 Å². The van der Waals surface area contributed by atoms with Gasteiger partial charge in [-0.15, -0.1) is 0 Å². The fourth-order valence-corrected chi connectivity index (χ4v) is 3.55. The highest BCUT2D eigenvalue weighted by Crippen LogP contribution is 2.28. The Labute approximate surface area is 153 Å². The van der Waals surface area contributed by atoms with Gasteiger partial charge in [-0.2, -0.15) is 0 Å². The SMILES string of the molecule is CC(Oc1ccccc1)C(=O)N1CCC(c2nc3ccccc3[nH]2)CC1. The fourth-order valence-electron chi connectivity index (χ4n) is 3.55. The van der Waals surface area contributed by atoms with Crippen LogP contribution in [0.4, 0.5) is 0 Å². The first kappa shape index (κ1) is 16.6. The summed E-state index contributed by atoms with van der Waals surface area (Å²) in [4.78, 5) is 22.7. The van der Waals surface area contributed by atoms with E-state index in [4.69, 9.17) is 9.72 Å². The minimum atomic E-state index is -0.472. The molecule has 0 spiro atoms. The van der Waals surface area contributed by atoms with Gasteiger partial charge in [0.05, 0.1) is 11.0 Å². The number of aromatic nitrogens is 2. The molecule has 1 N–H and O–H groups in total. The summed E-state index contributed by atoms with van der Waals surface area (Å²) in [6.07, 6.45) is 1.37. The van der Waals surface area contributed by atoms with E-state index in [1.54, 1.807) is 0 Å². The fraction of sp³-hybridized carbons (Fsp3) is 0.333. The van der Waals surface area contributed by atoms with Crippen molar-refractivity contribution < 1.29 is 9.53 Å². The van der Waals surface area contributed by atoms with Crippen LogP contribution in [0.25, 0.3) is 11.0 Å². The van der Waals surface area contributed by atoms with Crippen molar-refractivity contribution in [2.45, 2.75) is 31.8 Å². The minimum Gasteiger partial charge on any atom is -0.481 e. The highest BCUT2D eigenvalue weighted by atomic mass is 16.5. The second-order valence-corrected chi connectivity index (χ2v) is 6.81. The molecule has 5 nitrogen and oxygen atoms in total. The predicted octanol–water partition coefficient (Wildman–Crippen LogP) is 3.74. The Kier molecular flexibility index (Phi) is 4.61. The molecule has 0 saturated carbocycles. The number of piperidine rings is 1. The molecule has 5 heteroatoms. The van der Waals surface area contributed by atoms with Gasteiger partial charge in [-0.1, -0.05) is 30.3 Å². The van der Waals surface area contributed by atoms with Crippen molar-refractivity contribution in [3.05, 3.63) is 60.4 Å². The van der Waals surface area contributed by atoms with Crippen LogP contribution in [0.3, 0.4) is 0 Å². The van der Waals surface area contributed by atoms with Crippen molar-refractivity contribution in [3.63, 3.8) is 0 Å². The van der Waals surface area contributed by atoms with Crippen molar-refractivity contribution in [2.24, 2.45) is 0 Å². The first-order valence-corrected chi connectivity index (χ1v) is 9.16. The first-order valence-electron chi connectivity index (χ1n) is 9.16. The van der Waals surface area contributed by atoms with Crippen molar-refractivity contribution in [2.75, 3.05) is 13.1 Å². The van der Waals surface area contributed by atoms with Gasteiger partial charge in [-0.3, -0.25) is 4.79 Å². The molecule has 3 aromatic rings. The number of H-pyrrole nitrogens is 1. The van der Waals surface area contributed by atoms with Gasteiger partial charge in [0.2, 0.25) is 0 Å². The van der Waals surface area contributed by atoms with Crippen molar-refractivity contribution in [1.82, 2.24) is 14.9 Å².